The summed E-state index contributed by atoms with van der Waals surface area (Å²) in [7, 11) is 0. The summed E-state index contributed by atoms with van der Waals surface area (Å²) in [6, 6.07) is 0. The van der Waals surface area contributed by atoms with Crippen molar-refractivity contribution >= 4 is 22.4 Å². The van der Waals surface area contributed by atoms with Gasteiger partial charge in [-0.05, 0) is 45.4 Å². The smallest absolute Gasteiger partial charge is 0.312 e. The Morgan fingerprint density at radius 3 is 2.89 bits per heavy atom. The number of carbonyl (C=O) groups is 1. The summed E-state index contributed by atoms with van der Waals surface area (Å²) >= 11 is 1.65. The van der Waals surface area contributed by atoms with E-state index < -0.39 is 11.9 Å². The number of nitrogens with one attached hydrogen (secondary N) is 1. The minimum Gasteiger partial charge on any atom is -0.481 e. The van der Waals surface area contributed by atoms with Crippen LogP contribution < -0.4 is 5.32 Å². The molecule has 1 aromatic heterocycles. The van der Waals surface area contributed by atoms with Crippen LogP contribution in [0.4, 0.5) is 5.13 Å². The maximum atomic E-state index is 11.2. The highest BCUT2D eigenvalue weighted by Crippen LogP contribution is 2.40. The number of aromatic nitrogens is 1. The number of nitrogens with zero attached hydrogens (tertiary/aromatic N) is 1. The molecule has 0 aliphatic heterocycles. The Kier molecular flexibility index (Phi) is 2.81. The first-order valence-corrected chi connectivity index (χ1v) is 7.40. The Morgan fingerprint density at radius 2 is 2.28 bits per heavy atom. The molecule has 1 saturated carbocycles. The molecular formula is C13H18N2O2S. The Morgan fingerprint density at radius 1 is 1.50 bits per heavy atom. The molecule has 0 saturated heterocycles. The van der Waals surface area contributed by atoms with E-state index in [1.165, 1.54) is 24.1 Å². The number of carboxylic acids is 1. The molecule has 0 spiro atoms. The highest BCUT2D eigenvalue weighted by molar-refractivity contribution is 7.15. The van der Waals surface area contributed by atoms with E-state index >= 15 is 0 Å². The molecule has 2 aliphatic rings. The molecule has 1 aromatic rings. The Hall–Kier alpha value is -1.10. The molecular weight excluding hydrogens is 248 g/mol. The Labute approximate surface area is 110 Å². The van der Waals surface area contributed by atoms with Crippen molar-refractivity contribution < 1.29 is 9.90 Å². The molecule has 0 radical (unpaired) electrons. The fraction of sp³-hybridized carbons (Fsp3) is 0.692. The van der Waals surface area contributed by atoms with Gasteiger partial charge in [-0.1, -0.05) is 0 Å². The molecule has 3 rings (SSSR count). The van der Waals surface area contributed by atoms with Gasteiger partial charge in [-0.2, -0.15) is 0 Å². The Bertz CT molecular complexity index is 479. The van der Waals surface area contributed by atoms with Crippen molar-refractivity contribution in [2.75, 3.05) is 5.32 Å². The molecule has 18 heavy (non-hydrogen) atoms. The first kappa shape index (κ1) is 12.0. The third-order valence-electron chi connectivity index (χ3n) is 4.12. The standard InChI is InChI=1S/C13H18N2O2S/c1-13(6-3-7-13)15-12-14-10-8(11(16)17)4-2-5-9(10)18-12/h8H,2-7H2,1H3,(H,14,15)(H,16,17). The summed E-state index contributed by atoms with van der Waals surface area (Å²) in [5, 5.41) is 13.6. The zero-order valence-electron chi connectivity index (χ0n) is 10.5. The molecule has 0 aromatic carbocycles. The van der Waals surface area contributed by atoms with Gasteiger partial charge in [0.05, 0.1) is 5.69 Å². The molecule has 5 heteroatoms. The fourth-order valence-corrected chi connectivity index (χ4v) is 4.02. The first-order valence-electron chi connectivity index (χ1n) is 6.58. The molecule has 1 fully saturated rings. The predicted molar refractivity (Wildman–Crippen MR) is 71.3 cm³/mol. The number of anilines is 1. The van der Waals surface area contributed by atoms with Crippen molar-refractivity contribution in [2.24, 2.45) is 0 Å². The molecule has 4 nitrogen and oxygen atoms in total. The number of aliphatic carboxylic acids is 1. The molecule has 1 unspecified atom stereocenters. The van der Waals surface area contributed by atoms with E-state index in [1.54, 1.807) is 11.3 Å². The molecule has 98 valence electrons. The van der Waals surface area contributed by atoms with Crippen LogP contribution >= 0.6 is 11.3 Å². The molecule has 0 amide bonds. The average molecular weight is 266 g/mol. The van der Waals surface area contributed by atoms with Gasteiger partial charge in [-0.3, -0.25) is 4.79 Å². The van der Waals surface area contributed by atoms with Crippen molar-refractivity contribution in [2.45, 2.75) is 56.9 Å². The summed E-state index contributed by atoms with van der Waals surface area (Å²) in [5.74, 6) is -1.13. The van der Waals surface area contributed by atoms with Gasteiger partial charge in [0.25, 0.3) is 0 Å². The van der Waals surface area contributed by atoms with Gasteiger partial charge in [-0.25, -0.2) is 4.98 Å². The molecule has 2 aliphatic carbocycles. The lowest BCUT2D eigenvalue weighted by Crippen LogP contribution is -2.41. The van der Waals surface area contributed by atoms with Gasteiger partial charge < -0.3 is 10.4 Å². The largest absolute Gasteiger partial charge is 0.481 e. The molecule has 2 N–H and O–H groups in total. The first-order chi connectivity index (χ1) is 8.57. The van der Waals surface area contributed by atoms with E-state index in [-0.39, 0.29) is 5.54 Å². The van der Waals surface area contributed by atoms with E-state index in [1.807, 2.05) is 0 Å². The zero-order chi connectivity index (χ0) is 12.8. The van der Waals surface area contributed by atoms with Crippen LogP contribution in [0.3, 0.4) is 0 Å². The topological polar surface area (TPSA) is 62.2 Å². The number of aryl methyl sites for hydroxylation is 1. The second kappa shape index (κ2) is 4.23. The highest BCUT2D eigenvalue weighted by Gasteiger charge is 2.34. The van der Waals surface area contributed by atoms with Crippen molar-refractivity contribution in [3.8, 4) is 0 Å². The zero-order valence-corrected chi connectivity index (χ0v) is 11.3. The van der Waals surface area contributed by atoms with Gasteiger partial charge in [0.1, 0.15) is 5.92 Å². The van der Waals surface area contributed by atoms with Gasteiger partial charge in [0.15, 0.2) is 5.13 Å². The molecule has 1 heterocycles. The van der Waals surface area contributed by atoms with Gasteiger partial charge in [-0.15, -0.1) is 11.3 Å². The molecule has 0 bridgehead atoms. The minimum atomic E-state index is -0.734. The number of carboxylic acid groups (broad SMARTS) is 1. The quantitative estimate of drug-likeness (QED) is 0.883. The maximum Gasteiger partial charge on any atom is 0.312 e. The molecule has 1 atom stereocenters. The van der Waals surface area contributed by atoms with Crippen LogP contribution in [0.25, 0.3) is 0 Å². The summed E-state index contributed by atoms with van der Waals surface area (Å²) in [6.45, 7) is 2.21. The minimum absolute atomic E-state index is 0.180. The lowest BCUT2D eigenvalue weighted by molar-refractivity contribution is -0.139. The summed E-state index contributed by atoms with van der Waals surface area (Å²) in [4.78, 5) is 16.9. The normalized spacial score (nSPS) is 25.1. The van der Waals surface area contributed by atoms with Crippen LogP contribution in [0.2, 0.25) is 0 Å². The third kappa shape index (κ3) is 2.00. The van der Waals surface area contributed by atoms with Gasteiger partial charge in [0, 0.05) is 10.4 Å². The van der Waals surface area contributed by atoms with Crippen molar-refractivity contribution in [3.05, 3.63) is 10.6 Å². The second-order valence-electron chi connectivity index (χ2n) is 5.65. The van der Waals surface area contributed by atoms with E-state index in [2.05, 4.69) is 17.2 Å². The van der Waals surface area contributed by atoms with Gasteiger partial charge >= 0.3 is 5.97 Å². The lowest BCUT2D eigenvalue weighted by atomic mass is 9.79. The number of rotatable bonds is 3. The van der Waals surface area contributed by atoms with E-state index in [9.17, 15) is 9.90 Å². The monoisotopic (exact) mass is 266 g/mol. The van der Waals surface area contributed by atoms with Gasteiger partial charge in [0.2, 0.25) is 0 Å². The second-order valence-corrected chi connectivity index (χ2v) is 6.73. The van der Waals surface area contributed by atoms with Crippen LogP contribution in [0.5, 0.6) is 0 Å². The van der Waals surface area contributed by atoms with Crippen LogP contribution in [-0.4, -0.2) is 21.6 Å². The van der Waals surface area contributed by atoms with Crippen LogP contribution in [0, 0.1) is 0 Å². The number of hydrogen-bond acceptors (Lipinski definition) is 4. The highest BCUT2D eigenvalue weighted by atomic mass is 32.1. The van der Waals surface area contributed by atoms with Crippen LogP contribution in [0.1, 0.15) is 55.5 Å². The van der Waals surface area contributed by atoms with Crippen molar-refractivity contribution in [1.82, 2.24) is 4.98 Å². The lowest BCUT2D eigenvalue weighted by Gasteiger charge is -2.39. The van der Waals surface area contributed by atoms with E-state index in [4.69, 9.17) is 0 Å². The van der Waals surface area contributed by atoms with Crippen molar-refractivity contribution in [3.63, 3.8) is 0 Å². The fourth-order valence-electron chi connectivity index (χ4n) is 2.80. The Balaban J connectivity index is 1.84. The number of fused-ring (bicyclic) bond motifs is 1. The maximum absolute atomic E-state index is 11.2. The third-order valence-corrected chi connectivity index (χ3v) is 5.16. The number of thiazole rings is 1. The van der Waals surface area contributed by atoms with Crippen LogP contribution in [0.15, 0.2) is 0 Å². The summed E-state index contributed by atoms with van der Waals surface area (Å²) in [5.41, 5.74) is 0.989. The SMILES string of the molecule is CC1(Nc2nc3c(s2)CCCC3C(=O)O)CCC1. The number of hydrogen-bond donors (Lipinski definition) is 2. The predicted octanol–water partition coefficient (Wildman–Crippen LogP) is 3.00. The summed E-state index contributed by atoms with van der Waals surface area (Å²) in [6.07, 6.45) is 6.30. The van der Waals surface area contributed by atoms with E-state index in [0.717, 1.165) is 30.1 Å². The van der Waals surface area contributed by atoms with Crippen molar-refractivity contribution in [1.29, 1.82) is 0 Å². The summed E-state index contributed by atoms with van der Waals surface area (Å²) < 4.78 is 0. The average Bonchev–Trinajstić information content (AvgIpc) is 2.68. The van der Waals surface area contributed by atoms with E-state index in [0.29, 0.717) is 0 Å². The van der Waals surface area contributed by atoms with Crippen LogP contribution in [-0.2, 0) is 11.2 Å².